The van der Waals surface area contributed by atoms with Crippen LogP contribution < -0.4 is 14.8 Å². The number of ether oxygens (including phenoxy) is 3. The molecule has 1 aromatic carbocycles. The Kier molecular flexibility index (Phi) is 3.54. The Labute approximate surface area is 102 Å². The van der Waals surface area contributed by atoms with Crippen molar-refractivity contribution < 1.29 is 14.2 Å². The highest BCUT2D eigenvalue weighted by Gasteiger charge is 2.40. The molecule has 4 heteroatoms. The van der Waals surface area contributed by atoms with E-state index in [1.54, 1.807) is 14.2 Å². The van der Waals surface area contributed by atoms with Gasteiger partial charge in [0.15, 0.2) is 11.5 Å². The van der Waals surface area contributed by atoms with E-state index in [9.17, 15) is 0 Å². The highest BCUT2D eigenvalue weighted by molar-refractivity contribution is 5.46. The highest BCUT2D eigenvalue weighted by Crippen LogP contribution is 2.37. The van der Waals surface area contributed by atoms with Crippen LogP contribution >= 0.6 is 0 Å². The van der Waals surface area contributed by atoms with Crippen LogP contribution in [0.2, 0.25) is 0 Å². The third-order valence-electron chi connectivity index (χ3n) is 3.27. The Morgan fingerprint density at radius 3 is 2.41 bits per heavy atom. The lowest BCUT2D eigenvalue weighted by Crippen LogP contribution is -2.52. The Morgan fingerprint density at radius 2 is 1.94 bits per heavy atom. The van der Waals surface area contributed by atoms with E-state index >= 15 is 0 Å². The molecule has 1 aliphatic heterocycles. The molecule has 1 N–H and O–H groups in total. The SMILES string of the molecule is CNCC1(c2ccc(OC)c(OC)c2)COC1. The fourth-order valence-electron chi connectivity index (χ4n) is 2.22. The monoisotopic (exact) mass is 237 g/mol. The first kappa shape index (κ1) is 12.2. The van der Waals surface area contributed by atoms with Gasteiger partial charge in [-0.2, -0.15) is 0 Å². The number of benzene rings is 1. The molecular formula is C13H19NO3. The summed E-state index contributed by atoms with van der Waals surface area (Å²) in [6, 6.07) is 6.07. The molecule has 0 atom stereocenters. The van der Waals surface area contributed by atoms with Gasteiger partial charge >= 0.3 is 0 Å². The molecule has 1 aromatic rings. The molecule has 1 heterocycles. The molecule has 0 aliphatic carbocycles. The van der Waals surface area contributed by atoms with Gasteiger partial charge in [-0.25, -0.2) is 0 Å². The fourth-order valence-corrected chi connectivity index (χ4v) is 2.22. The predicted octanol–water partition coefficient (Wildman–Crippen LogP) is 1.19. The van der Waals surface area contributed by atoms with Crippen molar-refractivity contribution in [2.45, 2.75) is 5.41 Å². The molecule has 2 rings (SSSR count). The molecule has 0 bridgehead atoms. The maximum atomic E-state index is 5.36. The Morgan fingerprint density at radius 1 is 1.24 bits per heavy atom. The summed E-state index contributed by atoms with van der Waals surface area (Å²) in [5, 5.41) is 3.22. The normalized spacial score (nSPS) is 17.4. The van der Waals surface area contributed by atoms with E-state index in [-0.39, 0.29) is 5.41 Å². The zero-order valence-electron chi connectivity index (χ0n) is 10.6. The van der Waals surface area contributed by atoms with Gasteiger partial charge in [0.25, 0.3) is 0 Å². The molecule has 0 saturated carbocycles. The van der Waals surface area contributed by atoms with Crippen LogP contribution in [0.1, 0.15) is 5.56 Å². The minimum absolute atomic E-state index is 0.0777. The second-order valence-corrected chi connectivity index (χ2v) is 4.37. The summed E-state index contributed by atoms with van der Waals surface area (Å²) in [5.41, 5.74) is 1.31. The van der Waals surface area contributed by atoms with Gasteiger partial charge in [0.05, 0.1) is 32.8 Å². The molecule has 94 valence electrons. The first-order valence-electron chi connectivity index (χ1n) is 5.70. The van der Waals surface area contributed by atoms with Crippen LogP contribution in [0.3, 0.4) is 0 Å². The lowest BCUT2D eigenvalue weighted by Gasteiger charge is -2.42. The number of nitrogens with one attached hydrogen (secondary N) is 1. The van der Waals surface area contributed by atoms with Crippen molar-refractivity contribution in [2.75, 3.05) is 41.0 Å². The summed E-state index contributed by atoms with van der Waals surface area (Å²) in [6.45, 7) is 2.41. The minimum atomic E-state index is 0.0777. The van der Waals surface area contributed by atoms with Crippen molar-refractivity contribution in [1.29, 1.82) is 0 Å². The van der Waals surface area contributed by atoms with Crippen LogP contribution in [0.15, 0.2) is 18.2 Å². The van der Waals surface area contributed by atoms with Crippen molar-refractivity contribution >= 4 is 0 Å². The van der Waals surface area contributed by atoms with Crippen molar-refractivity contribution in [3.05, 3.63) is 23.8 Å². The van der Waals surface area contributed by atoms with Crippen molar-refractivity contribution in [2.24, 2.45) is 0 Å². The average Bonchev–Trinajstić information content (AvgIpc) is 2.33. The molecule has 1 aliphatic rings. The van der Waals surface area contributed by atoms with Crippen molar-refractivity contribution in [3.63, 3.8) is 0 Å². The zero-order chi connectivity index (χ0) is 12.3. The van der Waals surface area contributed by atoms with Gasteiger partial charge < -0.3 is 19.5 Å². The molecule has 0 spiro atoms. The summed E-state index contributed by atoms with van der Waals surface area (Å²) in [4.78, 5) is 0. The fraction of sp³-hybridized carbons (Fsp3) is 0.538. The molecule has 1 fully saturated rings. The van der Waals surface area contributed by atoms with Gasteiger partial charge in [0, 0.05) is 6.54 Å². The van der Waals surface area contributed by atoms with Gasteiger partial charge in [-0.05, 0) is 24.7 Å². The molecule has 4 nitrogen and oxygen atoms in total. The summed E-state index contributed by atoms with van der Waals surface area (Å²) < 4.78 is 15.9. The predicted molar refractivity (Wildman–Crippen MR) is 66.0 cm³/mol. The van der Waals surface area contributed by atoms with Crippen LogP contribution in [0.5, 0.6) is 11.5 Å². The first-order chi connectivity index (χ1) is 8.25. The molecule has 0 unspecified atom stereocenters. The van der Waals surface area contributed by atoms with Crippen molar-refractivity contribution in [3.8, 4) is 11.5 Å². The van der Waals surface area contributed by atoms with Gasteiger partial charge in [-0.15, -0.1) is 0 Å². The van der Waals surface area contributed by atoms with Gasteiger partial charge in [0.2, 0.25) is 0 Å². The molecular weight excluding hydrogens is 218 g/mol. The van der Waals surface area contributed by atoms with E-state index in [0.717, 1.165) is 31.3 Å². The molecule has 17 heavy (non-hydrogen) atoms. The van der Waals surface area contributed by atoms with Gasteiger partial charge in [0.1, 0.15) is 0 Å². The molecule has 0 radical (unpaired) electrons. The number of likely N-dealkylation sites (N-methyl/N-ethyl adjacent to an activating group) is 1. The number of hydrogen-bond donors (Lipinski definition) is 1. The van der Waals surface area contributed by atoms with E-state index in [1.807, 2.05) is 19.2 Å². The Bertz CT molecular complexity index is 388. The Hall–Kier alpha value is -1.26. The number of hydrogen-bond acceptors (Lipinski definition) is 4. The smallest absolute Gasteiger partial charge is 0.161 e. The van der Waals surface area contributed by atoms with Crippen LogP contribution in [0.4, 0.5) is 0 Å². The van der Waals surface area contributed by atoms with Crippen molar-refractivity contribution in [1.82, 2.24) is 5.32 Å². The minimum Gasteiger partial charge on any atom is -0.493 e. The summed E-state index contributed by atoms with van der Waals surface area (Å²) >= 11 is 0. The number of methoxy groups -OCH3 is 2. The summed E-state index contributed by atoms with van der Waals surface area (Å²) in [5.74, 6) is 1.53. The highest BCUT2D eigenvalue weighted by atomic mass is 16.5. The van der Waals surface area contributed by atoms with E-state index in [4.69, 9.17) is 14.2 Å². The second-order valence-electron chi connectivity index (χ2n) is 4.37. The average molecular weight is 237 g/mol. The first-order valence-corrected chi connectivity index (χ1v) is 5.70. The van der Waals surface area contributed by atoms with Gasteiger partial charge in [-0.3, -0.25) is 0 Å². The van der Waals surface area contributed by atoms with Crippen LogP contribution in [-0.4, -0.2) is 41.0 Å². The maximum absolute atomic E-state index is 5.36. The zero-order valence-corrected chi connectivity index (χ0v) is 10.6. The summed E-state index contributed by atoms with van der Waals surface area (Å²) in [6.07, 6.45) is 0. The van der Waals surface area contributed by atoms with E-state index in [1.165, 1.54) is 5.56 Å². The molecule has 0 aromatic heterocycles. The molecule has 1 saturated heterocycles. The lowest BCUT2D eigenvalue weighted by molar-refractivity contribution is -0.0583. The van der Waals surface area contributed by atoms with Gasteiger partial charge in [-0.1, -0.05) is 6.07 Å². The van der Waals surface area contributed by atoms with Crippen LogP contribution in [0.25, 0.3) is 0 Å². The van der Waals surface area contributed by atoms with Crippen LogP contribution in [0, 0.1) is 0 Å². The van der Waals surface area contributed by atoms with E-state index in [0.29, 0.717) is 0 Å². The third-order valence-corrected chi connectivity index (χ3v) is 3.27. The van der Waals surface area contributed by atoms with Crippen LogP contribution in [-0.2, 0) is 10.2 Å². The topological polar surface area (TPSA) is 39.7 Å². The number of rotatable bonds is 5. The maximum Gasteiger partial charge on any atom is 0.161 e. The standard InChI is InChI=1S/C13H19NO3/c1-14-7-13(8-17-9-13)10-4-5-11(15-2)12(6-10)16-3/h4-6,14H,7-9H2,1-3H3. The third kappa shape index (κ3) is 2.10. The van der Waals surface area contributed by atoms with E-state index < -0.39 is 0 Å². The Balaban J connectivity index is 2.32. The summed E-state index contributed by atoms with van der Waals surface area (Å²) in [7, 11) is 5.26. The lowest BCUT2D eigenvalue weighted by atomic mass is 9.78. The second kappa shape index (κ2) is 4.94. The quantitative estimate of drug-likeness (QED) is 0.835. The molecule has 0 amide bonds. The van der Waals surface area contributed by atoms with E-state index in [2.05, 4.69) is 11.4 Å². The largest absolute Gasteiger partial charge is 0.493 e.